The highest BCUT2D eigenvalue weighted by Crippen LogP contribution is 2.15. The fourth-order valence-electron chi connectivity index (χ4n) is 3.02. The van der Waals surface area contributed by atoms with Gasteiger partial charge in [0.25, 0.3) is 5.91 Å². The Balaban J connectivity index is 1.88. The first-order valence-corrected chi connectivity index (χ1v) is 9.94. The first-order chi connectivity index (χ1) is 13.2. The lowest BCUT2D eigenvalue weighted by atomic mass is 10.1. The Labute approximate surface area is 161 Å². The normalized spacial score (nSPS) is 10.8. The molecule has 1 amide bonds. The summed E-state index contributed by atoms with van der Waals surface area (Å²) in [4.78, 5) is 12.5. The Bertz CT molecular complexity index is 697. The molecule has 0 saturated carbocycles. The van der Waals surface area contributed by atoms with Gasteiger partial charge >= 0.3 is 0 Å². The van der Waals surface area contributed by atoms with Crippen LogP contribution in [-0.4, -0.2) is 39.5 Å². The Hall–Kier alpha value is -2.44. The van der Waals surface area contributed by atoms with Gasteiger partial charge in [-0.3, -0.25) is 4.79 Å². The number of carbonyl (C=O) groups excluding carboxylic acids is 1. The maximum Gasteiger partial charge on any atom is 0.254 e. The van der Waals surface area contributed by atoms with Crippen LogP contribution in [0.1, 0.15) is 74.8 Å². The maximum atomic E-state index is 12.5. The predicted octanol–water partition coefficient (Wildman–Crippen LogP) is 3.71. The van der Waals surface area contributed by atoms with Gasteiger partial charge in [0, 0.05) is 12.6 Å². The average molecular weight is 374 g/mol. The van der Waals surface area contributed by atoms with Crippen LogP contribution < -0.4 is 10.1 Å². The number of carbonyl (C=O) groups is 1. The van der Waals surface area contributed by atoms with Gasteiger partial charge in [0.05, 0.1) is 24.6 Å². The lowest BCUT2D eigenvalue weighted by molar-refractivity contribution is 0.0952. The molecule has 0 bridgehead atoms. The van der Waals surface area contributed by atoms with Gasteiger partial charge in [-0.1, -0.05) is 52.4 Å². The summed E-state index contributed by atoms with van der Waals surface area (Å²) in [5.74, 6) is 0.931. The number of methoxy groups -OCH3 is 1. The minimum atomic E-state index is -0.0782. The molecule has 0 aromatic carbocycles. The zero-order valence-corrected chi connectivity index (χ0v) is 16.7. The lowest BCUT2D eigenvalue weighted by Gasteiger charge is -2.08. The molecule has 27 heavy (non-hydrogen) atoms. The van der Waals surface area contributed by atoms with Crippen molar-refractivity contribution in [1.29, 1.82) is 0 Å². The number of nitrogens with zero attached hydrogens (tertiary/aromatic N) is 4. The summed E-state index contributed by atoms with van der Waals surface area (Å²) in [7, 11) is 1.54. The lowest BCUT2D eigenvalue weighted by Crippen LogP contribution is -2.25. The van der Waals surface area contributed by atoms with E-state index in [0.717, 1.165) is 18.5 Å². The minimum Gasteiger partial charge on any atom is -0.480 e. The van der Waals surface area contributed by atoms with Crippen LogP contribution in [-0.2, 0) is 6.42 Å². The van der Waals surface area contributed by atoms with E-state index in [0.29, 0.717) is 30.2 Å². The number of amides is 1. The van der Waals surface area contributed by atoms with Crippen molar-refractivity contribution in [2.45, 2.75) is 65.2 Å². The number of hydrogen-bond donors (Lipinski definition) is 1. The van der Waals surface area contributed by atoms with Crippen LogP contribution in [0.4, 0.5) is 0 Å². The van der Waals surface area contributed by atoms with E-state index in [-0.39, 0.29) is 5.91 Å². The molecule has 0 spiro atoms. The predicted molar refractivity (Wildman–Crippen MR) is 105 cm³/mol. The van der Waals surface area contributed by atoms with E-state index in [1.165, 1.54) is 32.1 Å². The van der Waals surface area contributed by atoms with E-state index in [4.69, 9.17) is 4.74 Å². The number of ether oxygens (including phenoxy) is 1. The smallest absolute Gasteiger partial charge is 0.254 e. The molecule has 0 aliphatic carbocycles. The van der Waals surface area contributed by atoms with E-state index in [9.17, 15) is 4.79 Å². The third-order valence-electron chi connectivity index (χ3n) is 4.57. The second-order valence-corrected chi connectivity index (χ2v) is 6.58. The van der Waals surface area contributed by atoms with Gasteiger partial charge in [-0.15, -0.1) is 10.2 Å². The van der Waals surface area contributed by atoms with Gasteiger partial charge in [-0.25, -0.2) is 4.68 Å². The molecule has 0 fully saturated rings. The fourth-order valence-corrected chi connectivity index (χ4v) is 3.02. The molecular weight excluding hydrogens is 342 g/mol. The number of aromatic nitrogens is 4. The number of nitrogens with one attached hydrogen (secondary N) is 1. The van der Waals surface area contributed by atoms with Gasteiger partial charge in [-0.05, 0) is 18.9 Å². The fraction of sp³-hybridized carbons (Fsp3) is 0.600. The van der Waals surface area contributed by atoms with Crippen molar-refractivity contribution >= 4 is 5.91 Å². The van der Waals surface area contributed by atoms with Crippen molar-refractivity contribution in [2.24, 2.45) is 0 Å². The van der Waals surface area contributed by atoms with Crippen LogP contribution >= 0.6 is 0 Å². The molecule has 0 unspecified atom stereocenters. The van der Waals surface area contributed by atoms with E-state index >= 15 is 0 Å². The molecule has 2 aromatic rings. The van der Waals surface area contributed by atoms with Crippen molar-refractivity contribution in [1.82, 2.24) is 25.3 Å². The van der Waals surface area contributed by atoms with Gasteiger partial charge in [0.2, 0.25) is 5.88 Å². The van der Waals surface area contributed by atoms with E-state index in [1.54, 1.807) is 30.1 Å². The highest BCUT2D eigenvalue weighted by atomic mass is 16.5. The second kappa shape index (κ2) is 11.3. The molecule has 0 atom stereocenters. The first kappa shape index (κ1) is 20.9. The quantitative estimate of drug-likeness (QED) is 0.574. The maximum absolute atomic E-state index is 12.5. The van der Waals surface area contributed by atoms with Gasteiger partial charge in [0.1, 0.15) is 0 Å². The number of unbranched alkanes of at least 4 members (excludes halogenated alkanes) is 6. The third-order valence-corrected chi connectivity index (χ3v) is 4.57. The largest absolute Gasteiger partial charge is 0.480 e. The second-order valence-electron chi connectivity index (χ2n) is 6.58. The van der Waals surface area contributed by atoms with Crippen molar-refractivity contribution < 1.29 is 9.53 Å². The Morgan fingerprint density at radius 1 is 1.07 bits per heavy atom. The van der Waals surface area contributed by atoms with Crippen LogP contribution in [0.5, 0.6) is 5.88 Å². The molecule has 2 rings (SSSR count). The Morgan fingerprint density at radius 3 is 2.44 bits per heavy atom. The molecule has 148 valence electrons. The topological polar surface area (TPSA) is 81.9 Å². The molecule has 2 aromatic heterocycles. The molecule has 0 aliphatic rings. The van der Waals surface area contributed by atoms with Crippen LogP contribution in [0, 0.1) is 0 Å². The van der Waals surface area contributed by atoms with Crippen molar-refractivity contribution in [2.75, 3.05) is 13.7 Å². The molecule has 2 heterocycles. The van der Waals surface area contributed by atoms with Gasteiger partial charge in [0.15, 0.2) is 5.82 Å². The summed E-state index contributed by atoms with van der Waals surface area (Å²) in [6, 6.07) is 3.50. The molecule has 1 N–H and O–H groups in total. The number of hydrogen-bond acceptors (Lipinski definition) is 5. The zero-order chi connectivity index (χ0) is 19.5. The highest BCUT2D eigenvalue weighted by Gasteiger charge is 2.17. The summed E-state index contributed by atoms with van der Waals surface area (Å²) in [6.07, 6.45) is 10.9. The molecule has 0 aliphatic heterocycles. The van der Waals surface area contributed by atoms with E-state index in [1.807, 2.05) is 6.92 Å². The van der Waals surface area contributed by atoms with Crippen molar-refractivity contribution in [3.8, 4) is 11.7 Å². The van der Waals surface area contributed by atoms with E-state index in [2.05, 4.69) is 27.5 Å². The van der Waals surface area contributed by atoms with Crippen LogP contribution in [0.3, 0.4) is 0 Å². The van der Waals surface area contributed by atoms with Crippen molar-refractivity contribution in [3.63, 3.8) is 0 Å². The minimum absolute atomic E-state index is 0.0782. The van der Waals surface area contributed by atoms with Crippen LogP contribution in [0.25, 0.3) is 5.82 Å². The first-order valence-electron chi connectivity index (χ1n) is 9.94. The van der Waals surface area contributed by atoms with Gasteiger partial charge < -0.3 is 10.1 Å². The third kappa shape index (κ3) is 6.05. The summed E-state index contributed by atoms with van der Waals surface area (Å²) in [6.45, 7) is 4.92. The Morgan fingerprint density at radius 2 is 1.81 bits per heavy atom. The number of rotatable bonds is 12. The van der Waals surface area contributed by atoms with Crippen molar-refractivity contribution in [3.05, 3.63) is 29.6 Å². The van der Waals surface area contributed by atoms with Gasteiger partial charge in [-0.2, -0.15) is 5.10 Å². The van der Waals surface area contributed by atoms with Crippen LogP contribution in [0.2, 0.25) is 0 Å². The standard InChI is InChI=1S/C20H31N5O2/c1-4-6-7-8-9-10-11-14-21-20(26)16-15-22-25(17(16)5-2)18-12-13-19(27-3)24-23-18/h12-13,15H,4-11,14H2,1-3H3,(H,21,26). The molecule has 0 saturated heterocycles. The summed E-state index contributed by atoms with van der Waals surface area (Å²) < 4.78 is 6.69. The van der Waals surface area contributed by atoms with Crippen LogP contribution in [0.15, 0.2) is 18.3 Å². The molecule has 7 heteroatoms. The monoisotopic (exact) mass is 373 g/mol. The molecule has 7 nitrogen and oxygen atoms in total. The summed E-state index contributed by atoms with van der Waals surface area (Å²) >= 11 is 0. The Kier molecular flexibility index (Phi) is 8.74. The van der Waals surface area contributed by atoms with E-state index < -0.39 is 0 Å². The zero-order valence-electron chi connectivity index (χ0n) is 16.7. The average Bonchev–Trinajstić information content (AvgIpc) is 3.14. The molecular formula is C20H31N5O2. The highest BCUT2D eigenvalue weighted by molar-refractivity contribution is 5.95. The SMILES string of the molecule is CCCCCCCCCNC(=O)c1cnn(-c2ccc(OC)nn2)c1CC. The molecule has 0 radical (unpaired) electrons. The summed E-state index contributed by atoms with van der Waals surface area (Å²) in [5, 5.41) is 15.4. The summed E-state index contributed by atoms with van der Waals surface area (Å²) in [5.41, 5.74) is 1.42.